The molecule has 1 aromatic carbocycles. The van der Waals surface area contributed by atoms with Crippen molar-refractivity contribution >= 4 is 47.2 Å². The minimum absolute atomic E-state index is 0. The normalized spacial score (nSPS) is 11.0. The molecule has 0 radical (unpaired) electrons. The van der Waals surface area contributed by atoms with Gasteiger partial charge in [-0.15, -0.1) is 35.3 Å². The lowest BCUT2D eigenvalue weighted by Crippen LogP contribution is -2.38. The Kier molecular flexibility index (Phi) is 12.6. The molecule has 0 unspecified atom stereocenters. The van der Waals surface area contributed by atoms with Crippen LogP contribution in [0, 0.1) is 13.8 Å². The molecule has 166 valence electrons. The van der Waals surface area contributed by atoms with Crippen LogP contribution in [0.4, 0.5) is 0 Å². The first-order chi connectivity index (χ1) is 14.0. The maximum absolute atomic E-state index is 12.1. The van der Waals surface area contributed by atoms with Gasteiger partial charge in [0, 0.05) is 36.5 Å². The maximum Gasteiger partial charge on any atom is 0.251 e. The predicted octanol–water partition coefficient (Wildman–Crippen LogP) is 4.21. The van der Waals surface area contributed by atoms with E-state index in [9.17, 15) is 4.79 Å². The lowest BCUT2D eigenvalue weighted by Gasteiger charge is -2.11. The first kappa shape index (κ1) is 26.4. The van der Waals surface area contributed by atoms with E-state index < -0.39 is 0 Å². The Morgan fingerprint density at radius 2 is 1.80 bits per heavy atom. The van der Waals surface area contributed by atoms with E-state index in [0.29, 0.717) is 12.1 Å². The van der Waals surface area contributed by atoms with E-state index in [0.717, 1.165) is 61.1 Å². The fraction of sp³-hybridized carbons (Fsp3) is 0.500. The summed E-state index contributed by atoms with van der Waals surface area (Å²) in [5, 5.41) is 10.7. The van der Waals surface area contributed by atoms with Gasteiger partial charge in [-0.3, -0.25) is 4.79 Å². The van der Waals surface area contributed by atoms with Crippen LogP contribution in [0.2, 0.25) is 0 Å². The Balaban J connectivity index is 0.00000450. The van der Waals surface area contributed by atoms with Crippen molar-refractivity contribution in [1.82, 2.24) is 20.9 Å². The Hall–Kier alpha value is -1.68. The Bertz CT molecular complexity index is 785. The number of aryl methyl sites for hydroxylation is 2. The van der Waals surface area contributed by atoms with Gasteiger partial charge in [0.1, 0.15) is 0 Å². The number of carbonyl (C=O) groups excluding carboxylic acids is 1. The van der Waals surface area contributed by atoms with E-state index in [1.807, 2.05) is 31.2 Å². The van der Waals surface area contributed by atoms with Gasteiger partial charge >= 0.3 is 0 Å². The zero-order valence-corrected chi connectivity index (χ0v) is 21.5. The number of guanidine groups is 1. The number of thiazole rings is 1. The molecule has 8 heteroatoms. The van der Waals surface area contributed by atoms with Gasteiger partial charge in [0.2, 0.25) is 0 Å². The van der Waals surface area contributed by atoms with Crippen LogP contribution < -0.4 is 16.0 Å². The van der Waals surface area contributed by atoms with Crippen molar-refractivity contribution < 1.29 is 4.79 Å². The molecule has 2 rings (SSSR count). The topological polar surface area (TPSA) is 78.4 Å². The highest BCUT2D eigenvalue weighted by Gasteiger charge is 2.06. The third-order valence-electron chi connectivity index (χ3n) is 4.50. The summed E-state index contributed by atoms with van der Waals surface area (Å²) in [5.41, 5.74) is 2.87. The molecule has 0 fully saturated rings. The van der Waals surface area contributed by atoms with Crippen molar-refractivity contribution in [1.29, 1.82) is 0 Å². The molecule has 3 N–H and O–H groups in total. The molecular weight excluding hydrogens is 509 g/mol. The molecule has 0 aliphatic carbocycles. The molecule has 1 aromatic heterocycles. The summed E-state index contributed by atoms with van der Waals surface area (Å²) in [7, 11) is 0. The number of hydrogen-bond donors (Lipinski definition) is 3. The summed E-state index contributed by atoms with van der Waals surface area (Å²) in [6, 6.07) is 7.64. The minimum atomic E-state index is -0.0174. The van der Waals surface area contributed by atoms with Crippen LogP contribution in [-0.2, 0) is 13.0 Å². The van der Waals surface area contributed by atoms with Crippen molar-refractivity contribution in [3.05, 3.63) is 51.0 Å². The van der Waals surface area contributed by atoms with E-state index >= 15 is 0 Å². The van der Waals surface area contributed by atoms with E-state index in [1.54, 1.807) is 11.3 Å². The highest BCUT2D eigenvalue weighted by molar-refractivity contribution is 14.0. The molecule has 0 bridgehead atoms. The number of halogens is 1. The smallest absolute Gasteiger partial charge is 0.251 e. The molecule has 30 heavy (non-hydrogen) atoms. The van der Waals surface area contributed by atoms with E-state index in [2.05, 4.69) is 46.7 Å². The summed E-state index contributed by atoms with van der Waals surface area (Å²) < 4.78 is 0. The van der Waals surface area contributed by atoms with Crippen LogP contribution in [0.5, 0.6) is 0 Å². The third-order valence-corrected chi connectivity index (χ3v) is 5.63. The lowest BCUT2D eigenvalue weighted by atomic mass is 10.1. The number of hydrogen-bond acceptors (Lipinski definition) is 4. The standard InChI is InChI=1S/C22H33N5OS.HI/c1-5-7-13-24-21(28)19-10-8-18(9-11-19)15-26-22(23-6-2)25-14-12-20-27-16(3)17(4)29-20;/h8-11H,5-7,12-15H2,1-4H3,(H,24,28)(H2,23,25,26);1H. The second kappa shape index (κ2) is 14.3. The van der Waals surface area contributed by atoms with Gasteiger partial charge in [0.25, 0.3) is 5.91 Å². The molecule has 0 saturated carbocycles. The third kappa shape index (κ3) is 8.99. The Labute approximate surface area is 201 Å². The average Bonchev–Trinajstić information content (AvgIpc) is 3.04. The molecule has 0 aliphatic rings. The van der Waals surface area contributed by atoms with Crippen molar-refractivity contribution in [3.8, 4) is 0 Å². The van der Waals surface area contributed by atoms with Gasteiger partial charge in [-0.25, -0.2) is 9.98 Å². The van der Waals surface area contributed by atoms with E-state index in [1.165, 1.54) is 4.88 Å². The number of unbranched alkanes of at least 4 members (excludes halogenated alkanes) is 1. The van der Waals surface area contributed by atoms with Crippen LogP contribution in [-0.4, -0.2) is 36.5 Å². The molecular formula is C22H34IN5OS. The van der Waals surface area contributed by atoms with Gasteiger partial charge in [0.15, 0.2) is 5.96 Å². The molecule has 0 atom stereocenters. The fourth-order valence-electron chi connectivity index (χ4n) is 2.69. The number of aromatic nitrogens is 1. The monoisotopic (exact) mass is 543 g/mol. The van der Waals surface area contributed by atoms with Gasteiger partial charge in [0.05, 0.1) is 17.2 Å². The predicted molar refractivity (Wildman–Crippen MR) is 137 cm³/mol. The first-order valence-electron chi connectivity index (χ1n) is 10.4. The summed E-state index contributed by atoms with van der Waals surface area (Å²) in [6.45, 7) is 11.2. The second-order valence-corrected chi connectivity index (χ2v) is 8.22. The molecule has 1 amide bonds. The molecule has 0 saturated heterocycles. The Morgan fingerprint density at radius 3 is 2.40 bits per heavy atom. The van der Waals surface area contributed by atoms with Gasteiger partial charge in [-0.05, 0) is 44.9 Å². The molecule has 0 aliphatic heterocycles. The Morgan fingerprint density at radius 1 is 1.07 bits per heavy atom. The van der Waals surface area contributed by atoms with Crippen molar-refractivity contribution in [3.63, 3.8) is 0 Å². The first-order valence-corrected chi connectivity index (χ1v) is 11.2. The van der Waals surface area contributed by atoms with Crippen LogP contribution >= 0.6 is 35.3 Å². The van der Waals surface area contributed by atoms with Crippen LogP contribution in [0.15, 0.2) is 29.3 Å². The number of rotatable bonds is 10. The zero-order valence-electron chi connectivity index (χ0n) is 18.4. The van der Waals surface area contributed by atoms with E-state index in [-0.39, 0.29) is 29.9 Å². The number of aliphatic imine (C=N–C) groups is 1. The number of benzene rings is 1. The van der Waals surface area contributed by atoms with Crippen LogP contribution in [0.1, 0.15) is 58.2 Å². The highest BCUT2D eigenvalue weighted by Crippen LogP contribution is 2.16. The van der Waals surface area contributed by atoms with Gasteiger partial charge in [-0.2, -0.15) is 0 Å². The van der Waals surface area contributed by atoms with E-state index in [4.69, 9.17) is 0 Å². The fourth-order valence-corrected chi connectivity index (χ4v) is 3.62. The SMILES string of the molecule is CCCCNC(=O)c1ccc(CN=C(NCC)NCCc2nc(C)c(C)s2)cc1.I. The molecule has 6 nitrogen and oxygen atoms in total. The number of carbonyl (C=O) groups is 1. The summed E-state index contributed by atoms with van der Waals surface area (Å²) in [6.07, 6.45) is 2.95. The largest absolute Gasteiger partial charge is 0.357 e. The van der Waals surface area contributed by atoms with Crippen molar-refractivity contribution in [2.45, 2.75) is 53.5 Å². The summed E-state index contributed by atoms with van der Waals surface area (Å²) >= 11 is 1.76. The van der Waals surface area contributed by atoms with Gasteiger partial charge < -0.3 is 16.0 Å². The molecule has 0 spiro atoms. The van der Waals surface area contributed by atoms with Crippen molar-refractivity contribution in [2.75, 3.05) is 19.6 Å². The second-order valence-electron chi connectivity index (χ2n) is 6.93. The van der Waals surface area contributed by atoms with Crippen LogP contribution in [0.25, 0.3) is 0 Å². The minimum Gasteiger partial charge on any atom is -0.357 e. The average molecular weight is 544 g/mol. The van der Waals surface area contributed by atoms with Crippen LogP contribution in [0.3, 0.4) is 0 Å². The number of nitrogens with zero attached hydrogens (tertiary/aromatic N) is 2. The quantitative estimate of drug-likeness (QED) is 0.182. The van der Waals surface area contributed by atoms with Gasteiger partial charge in [-0.1, -0.05) is 25.5 Å². The maximum atomic E-state index is 12.1. The van der Waals surface area contributed by atoms with Crippen molar-refractivity contribution in [2.24, 2.45) is 4.99 Å². The zero-order chi connectivity index (χ0) is 21.1. The number of amides is 1. The highest BCUT2D eigenvalue weighted by atomic mass is 127. The molecule has 1 heterocycles. The summed E-state index contributed by atoms with van der Waals surface area (Å²) in [4.78, 5) is 22.6. The molecule has 2 aromatic rings. The lowest BCUT2D eigenvalue weighted by molar-refractivity contribution is 0.0953. The number of nitrogens with one attached hydrogen (secondary N) is 3. The summed E-state index contributed by atoms with van der Waals surface area (Å²) in [5.74, 6) is 0.773.